The highest BCUT2D eigenvalue weighted by Crippen LogP contribution is 2.23. The molecule has 3 rings (SSSR count). The van der Waals surface area contributed by atoms with Gasteiger partial charge in [0.15, 0.2) is 5.16 Å². The highest BCUT2D eigenvalue weighted by atomic mass is 32.2. The summed E-state index contributed by atoms with van der Waals surface area (Å²) in [5.74, 6) is 0.0719. The van der Waals surface area contributed by atoms with Gasteiger partial charge >= 0.3 is 0 Å². The van der Waals surface area contributed by atoms with Crippen LogP contribution in [-0.4, -0.2) is 21.6 Å². The van der Waals surface area contributed by atoms with Gasteiger partial charge in [0.25, 0.3) is 5.56 Å². The number of thiophene rings is 1. The molecule has 0 bridgehead atoms. The Bertz CT molecular complexity index is 946. The van der Waals surface area contributed by atoms with E-state index in [1.807, 2.05) is 43.5 Å². The average Bonchev–Trinajstić information content (AvgIpc) is 2.95. The maximum absolute atomic E-state index is 12.2. The molecule has 24 heavy (non-hydrogen) atoms. The summed E-state index contributed by atoms with van der Waals surface area (Å²) in [6.45, 7) is 3.94. The predicted molar refractivity (Wildman–Crippen MR) is 100 cm³/mol. The third-order valence-corrected chi connectivity index (χ3v) is 5.48. The number of hydrogen-bond acceptors (Lipinski definition) is 5. The second-order valence-corrected chi connectivity index (χ2v) is 7.14. The molecule has 3 aromatic rings. The van der Waals surface area contributed by atoms with E-state index in [9.17, 15) is 9.59 Å². The van der Waals surface area contributed by atoms with Crippen LogP contribution in [0.2, 0.25) is 0 Å². The van der Waals surface area contributed by atoms with Crippen molar-refractivity contribution in [2.45, 2.75) is 25.4 Å². The molecule has 0 saturated heterocycles. The van der Waals surface area contributed by atoms with Crippen LogP contribution in [0.1, 0.15) is 18.1 Å². The van der Waals surface area contributed by atoms with Crippen molar-refractivity contribution in [1.29, 1.82) is 0 Å². The summed E-state index contributed by atoms with van der Waals surface area (Å²) in [7, 11) is 0. The Morgan fingerprint density at radius 1 is 1.38 bits per heavy atom. The van der Waals surface area contributed by atoms with Gasteiger partial charge in [0.1, 0.15) is 4.83 Å². The molecule has 5 nitrogen and oxygen atoms in total. The van der Waals surface area contributed by atoms with Gasteiger partial charge in [-0.05, 0) is 35.9 Å². The third-order valence-electron chi connectivity index (χ3n) is 3.62. The number of fused-ring (bicyclic) bond motifs is 1. The maximum Gasteiger partial charge on any atom is 0.260 e. The average molecular weight is 359 g/mol. The van der Waals surface area contributed by atoms with Gasteiger partial charge in [0.05, 0.1) is 11.1 Å². The number of thioether (sulfide) groups is 1. The number of benzene rings is 1. The number of nitrogens with zero attached hydrogens (tertiary/aromatic N) is 1. The largest absolute Gasteiger partial charge is 0.325 e. The summed E-state index contributed by atoms with van der Waals surface area (Å²) in [5.41, 5.74) is 2.70. The first kappa shape index (κ1) is 16.7. The van der Waals surface area contributed by atoms with E-state index in [-0.39, 0.29) is 17.2 Å². The van der Waals surface area contributed by atoms with Gasteiger partial charge in [-0.2, -0.15) is 0 Å². The second-order valence-electron chi connectivity index (χ2n) is 5.32. The standard InChI is InChI=1S/C17H17N3O2S2/c1-3-11-6-4-5-7-12(11)18-13(21)9-24-17-19-15(22)14-10(2)8-23-16(14)20-17/h4-8H,3,9H2,1-2H3,(H,18,21)(H,19,20,22). The van der Waals surface area contributed by atoms with Gasteiger partial charge in [0, 0.05) is 5.69 Å². The number of H-pyrrole nitrogens is 1. The lowest BCUT2D eigenvalue weighted by Crippen LogP contribution is -2.16. The zero-order chi connectivity index (χ0) is 17.1. The molecule has 0 radical (unpaired) electrons. The molecule has 0 spiro atoms. The molecule has 0 fully saturated rings. The number of amides is 1. The van der Waals surface area contributed by atoms with Crippen LogP contribution in [0.15, 0.2) is 39.6 Å². The monoisotopic (exact) mass is 359 g/mol. The molecule has 0 aliphatic rings. The van der Waals surface area contributed by atoms with Crippen LogP contribution in [0.5, 0.6) is 0 Å². The highest BCUT2D eigenvalue weighted by Gasteiger charge is 2.11. The molecule has 0 aliphatic heterocycles. The Morgan fingerprint density at radius 2 is 2.17 bits per heavy atom. The fraction of sp³-hybridized carbons (Fsp3) is 0.235. The molecule has 2 heterocycles. The van der Waals surface area contributed by atoms with Crippen molar-refractivity contribution < 1.29 is 4.79 Å². The number of aryl methyl sites for hydroxylation is 2. The van der Waals surface area contributed by atoms with Crippen molar-refractivity contribution in [2.24, 2.45) is 0 Å². The molecule has 0 atom stereocenters. The molecule has 1 amide bonds. The maximum atomic E-state index is 12.2. The van der Waals surface area contributed by atoms with E-state index in [1.165, 1.54) is 23.1 Å². The summed E-state index contributed by atoms with van der Waals surface area (Å²) in [6.07, 6.45) is 0.854. The molecule has 2 aromatic heterocycles. The van der Waals surface area contributed by atoms with Crippen LogP contribution in [0.25, 0.3) is 10.2 Å². The van der Waals surface area contributed by atoms with Gasteiger partial charge in [0.2, 0.25) is 5.91 Å². The Balaban J connectivity index is 1.69. The molecule has 0 unspecified atom stereocenters. The van der Waals surface area contributed by atoms with Crippen LogP contribution >= 0.6 is 23.1 Å². The topological polar surface area (TPSA) is 74.8 Å². The number of aromatic amines is 1. The van der Waals surface area contributed by atoms with Crippen LogP contribution in [0, 0.1) is 6.92 Å². The summed E-state index contributed by atoms with van der Waals surface area (Å²) < 4.78 is 0. The minimum atomic E-state index is -0.155. The van der Waals surface area contributed by atoms with Crippen molar-refractivity contribution in [3.63, 3.8) is 0 Å². The lowest BCUT2D eigenvalue weighted by Gasteiger charge is -2.09. The van der Waals surface area contributed by atoms with E-state index in [0.29, 0.717) is 15.4 Å². The Kier molecular flexibility index (Phi) is 5.01. The lowest BCUT2D eigenvalue weighted by atomic mass is 10.1. The van der Waals surface area contributed by atoms with Crippen LogP contribution in [0.4, 0.5) is 5.69 Å². The number of carbonyl (C=O) groups is 1. The molecule has 124 valence electrons. The summed E-state index contributed by atoms with van der Waals surface area (Å²) >= 11 is 2.67. The molecule has 0 saturated carbocycles. The molecular formula is C17H17N3O2S2. The van der Waals surface area contributed by atoms with Crippen molar-refractivity contribution in [1.82, 2.24) is 9.97 Å². The van der Waals surface area contributed by atoms with Crippen LogP contribution < -0.4 is 10.9 Å². The summed E-state index contributed by atoms with van der Waals surface area (Å²) in [5, 5.41) is 5.92. The van der Waals surface area contributed by atoms with E-state index >= 15 is 0 Å². The van der Waals surface area contributed by atoms with E-state index in [1.54, 1.807) is 0 Å². The minimum absolute atomic E-state index is 0.119. The molecular weight excluding hydrogens is 342 g/mol. The normalized spacial score (nSPS) is 10.9. The quantitative estimate of drug-likeness (QED) is 0.539. The van der Waals surface area contributed by atoms with Crippen molar-refractivity contribution in [2.75, 3.05) is 11.1 Å². The number of carbonyl (C=O) groups excluding carboxylic acids is 1. The fourth-order valence-corrected chi connectivity index (χ4v) is 4.05. The zero-order valence-electron chi connectivity index (χ0n) is 13.4. The number of aromatic nitrogens is 2. The summed E-state index contributed by atoms with van der Waals surface area (Å²) in [4.78, 5) is 32.1. The van der Waals surface area contributed by atoms with Crippen molar-refractivity contribution in [3.05, 3.63) is 51.1 Å². The Morgan fingerprint density at radius 3 is 2.96 bits per heavy atom. The van der Waals surface area contributed by atoms with E-state index in [0.717, 1.165) is 23.2 Å². The van der Waals surface area contributed by atoms with Crippen molar-refractivity contribution >= 4 is 44.9 Å². The van der Waals surface area contributed by atoms with Crippen LogP contribution in [0.3, 0.4) is 0 Å². The molecule has 1 aromatic carbocycles. The van der Waals surface area contributed by atoms with Gasteiger partial charge < -0.3 is 10.3 Å². The smallest absolute Gasteiger partial charge is 0.260 e. The number of nitrogens with one attached hydrogen (secondary N) is 2. The summed E-state index contributed by atoms with van der Waals surface area (Å²) in [6, 6.07) is 7.74. The second kappa shape index (κ2) is 7.19. The van der Waals surface area contributed by atoms with Gasteiger partial charge in [-0.3, -0.25) is 9.59 Å². The zero-order valence-corrected chi connectivity index (χ0v) is 15.0. The minimum Gasteiger partial charge on any atom is -0.325 e. The van der Waals surface area contributed by atoms with Gasteiger partial charge in [-0.15, -0.1) is 11.3 Å². The Labute approximate surface area is 147 Å². The van der Waals surface area contributed by atoms with Crippen LogP contribution in [-0.2, 0) is 11.2 Å². The Hall–Kier alpha value is -2.12. The van der Waals surface area contributed by atoms with Crippen molar-refractivity contribution in [3.8, 4) is 0 Å². The van der Waals surface area contributed by atoms with E-state index < -0.39 is 0 Å². The first-order valence-electron chi connectivity index (χ1n) is 7.57. The highest BCUT2D eigenvalue weighted by molar-refractivity contribution is 7.99. The van der Waals surface area contributed by atoms with Gasteiger partial charge in [-0.25, -0.2) is 4.98 Å². The fourth-order valence-electron chi connectivity index (χ4n) is 2.41. The van der Waals surface area contributed by atoms with Gasteiger partial charge in [-0.1, -0.05) is 36.9 Å². The SMILES string of the molecule is CCc1ccccc1NC(=O)CSc1nc2scc(C)c2c(=O)[nH]1. The number of para-hydroxylation sites is 1. The molecule has 0 aliphatic carbocycles. The van der Waals surface area contributed by atoms with E-state index in [4.69, 9.17) is 0 Å². The molecule has 7 heteroatoms. The first-order chi connectivity index (χ1) is 11.6. The number of rotatable bonds is 5. The van der Waals surface area contributed by atoms with E-state index in [2.05, 4.69) is 15.3 Å². The number of anilines is 1. The number of hydrogen-bond donors (Lipinski definition) is 2. The first-order valence-corrected chi connectivity index (χ1v) is 9.43. The predicted octanol–water partition coefficient (Wildman–Crippen LogP) is 3.59. The molecule has 2 N–H and O–H groups in total. The lowest BCUT2D eigenvalue weighted by molar-refractivity contribution is -0.113. The third kappa shape index (κ3) is 3.52.